The largest absolute Gasteiger partial charge is 0.356 e. The summed E-state index contributed by atoms with van der Waals surface area (Å²) in [7, 11) is 0. The second-order valence-electron chi connectivity index (χ2n) is 8.32. The van der Waals surface area contributed by atoms with Crippen molar-refractivity contribution in [1.29, 1.82) is 0 Å². The van der Waals surface area contributed by atoms with Crippen LogP contribution in [0.1, 0.15) is 38.1 Å². The fraction of sp³-hybridized carbons (Fsp3) is 0.333. The lowest BCUT2D eigenvalue weighted by Gasteiger charge is -2.12. The van der Waals surface area contributed by atoms with Crippen LogP contribution in [0, 0.1) is 5.92 Å². The van der Waals surface area contributed by atoms with Crippen LogP contribution in [-0.2, 0) is 17.8 Å². The first-order chi connectivity index (χ1) is 15.4. The lowest BCUT2D eigenvalue weighted by molar-refractivity contribution is -0.121. The van der Waals surface area contributed by atoms with E-state index < -0.39 is 0 Å². The van der Waals surface area contributed by atoms with E-state index in [-0.39, 0.29) is 11.5 Å². The van der Waals surface area contributed by atoms with Gasteiger partial charge in [0.2, 0.25) is 11.7 Å². The van der Waals surface area contributed by atoms with E-state index in [0.717, 1.165) is 17.5 Å². The molecule has 0 fully saturated rings. The molecule has 0 atom stereocenters. The number of halogens is 1. The lowest BCUT2D eigenvalue weighted by atomic mass is 10.1. The van der Waals surface area contributed by atoms with Crippen LogP contribution >= 0.6 is 11.6 Å². The highest BCUT2D eigenvalue weighted by Crippen LogP contribution is 2.17. The lowest BCUT2D eigenvalue weighted by Crippen LogP contribution is -2.26. The minimum absolute atomic E-state index is 0.0128. The fourth-order valence-electron chi connectivity index (χ4n) is 3.71. The molecule has 2 heterocycles. The van der Waals surface area contributed by atoms with Crippen LogP contribution in [0.25, 0.3) is 16.7 Å². The predicted octanol–water partition coefficient (Wildman–Crippen LogP) is 3.84. The van der Waals surface area contributed by atoms with E-state index in [2.05, 4.69) is 29.4 Å². The first-order valence-electron chi connectivity index (χ1n) is 10.8. The monoisotopic (exact) mass is 451 g/mol. The van der Waals surface area contributed by atoms with Gasteiger partial charge in [-0.3, -0.25) is 18.6 Å². The molecule has 0 unspecified atom stereocenters. The Morgan fingerprint density at radius 2 is 1.84 bits per heavy atom. The molecule has 1 amide bonds. The fourth-order valence-corrected chi connectivity index (χ4v) is 3.83. The van der Waals surface area contributed by atoms with Gasteiger partial charge in [-0.25, -0.2) is 0 Å². The van der Waals surface area contributed by atoms with Gasteiger partial charge >= 0.3 is 0 Å². The van der Waals surface area contributed by atoms with Crippen LogP contribution < -0.4 is 10.9 Å². The molecule has 166 valence electrons. The molecule has 2 aromatic heterocycles. The maximum absolute atomic E-state index is 13.3. The summed E-state index contributed by atoms with van der Waals surface area (Å²) in [4.78, 5) is 25.5. The third-order valence-corrected chi connectivity index (χ3v) is 5.70. The van der Waals surface area contributed by atoms with Crippen LogP contribution in [0.2, 0.25) is 5.02 Å². The van der Waals surface area contributed by atoms with E-state index in [0.29, 0.717) is 53.9 Å². The first-order valence-corrected chi connectivity index (χ1v) is 11.2. The van der Waals surface area contributed by atoms with Gasteiger partial charge in [-0.2, -0.15) is 0 Å². The van der Waals surface area contributed by atoms with E-state index in [1.54, 1.807) is 22.8 Å². The van der Waals surface area contributed by atoms with Gasteiger partial charge in [-0.05, 0) is 42.2 Å². The Kier molecular flexibility index (Phi) is 6.55. The molecule has 2 aromatic carbocycles. The molecule has 0 aliphatic heterocycles. The Balaban J connectivity index is 1.68. The summed E-state index contributed by atoms with van der Waals surface area (Å²) in [6, 6.07) is 14.8. The number of para-hydroxylation sites is 1. The number of carbonyl (C=O) groups is 1. The molecule has 0 spiro atoms. The molecule has 32 heavy (non-hydrogen) atoms. The van der Waals surface area contributed by atoms with Crippen LogP contribution in [0.15, 0.2) is 53.3 Å². The van der Waals surface area contributed by atoms with Gasteiger partial charge in [0.25, 0.3) is 5.56 Å². The number of rotatable bonds is 8. The molecule has 0 bridgehead atoms. The van der Waals surface area contributed by atoms with E-state index in [1.807, 2.05) is 34.7 Å². The molecule has 1 N–H and O–H groups in total. The van der Waals surface area contributed by atoms with E-state index >= 15 is 0 Å². The summed E-state index contributed by atoms with van der Waals surface area (Å²) < 4.78 is 3.50. The van der Waals surface area contributed by atoms with Gasteiger partial charge in [0.15, 0.2) is 0 Å². The highest BCUT2D eigenvalue weighted by molar-refractivity contribution is 6.30. The summed E-state index contributed by atoms with van der Waals surface area (Å²) in [5.41, 5.74) is 1.54. The highest BCUT2D eigenvalue weighted by atomic mass is 35.5. The molecule has 4 aromatic rings. The van der Waals surface area contributed by atoms with Crippen molar-refractivity contribution in [1.82, 2.24) is 24.5 Å². The zero-order valence-corrected chi connectivity index (χ0v) is 19.0. The van der Waals surface area contributed by atoms with Crippen LogP contribution in [0.5, 0.6) is 0 Å². The number of benzene rings is 2. The predicted molar refractivity (Wildman–Crippen MR) is 126 cm³/mol. The second kappa shape index (κ2) is 9.53. The van der Waals surface area contributed by atoms with E-state index in [1.165, 1.54) is 0 Å². The molecule has 4 rings (SSSR count). The van der Waals surface area contributed by atoms with Gasteiger partial charge in [-0.1, -0.05) is 49.7 Å². The van der Waals surface area contributed by atoms with Crippen molar-refractivity contribution in [2.24, 2.45) is 5.92 Å². The first kappa shape index (κ1) is 22.0. The average molecular weight is 452 g/mol. The maximum atomic E-state index is 13.3. The van der Waals surface area contributed by atoms with Crippen molar-refractivity contribution in [3.8, 4) is 0 Å². The zero-order chi connectivity index (χ0) is 22.7. The summed E-state index contributed by atoms with van der Waals surface area (Å²) in [6.45, 7) is 5.27. The SMILES string of the molecule is CC(C)CCNC(=O)CCc1nnc2n(Cc3ccc(Cl)cc3)c(=O)c3ccccc3n12. The topological polar surface area (TPSA) is 81.3 Å². The van der Waals surface area contributed by atoms with Crippen molar-refractivity contribution in [3.63, 3.8) is 0 Å². The quantitative estimate of drug-likeness (QED) is 0.441. The average Bonchev–Trinajstić information content (AvgIpc) is 3.20. The third-order valence-electron chi connectivity index (χ3n) is 5.45. The van der Waals surface area contributed by atoms with E-state index in [9.17, 15) is 9.59 Å². The number of aryl methyl sites for hydroxylation is 1. The van der Waals surface area contributed by atoms with Gasteiger partial charge in [0, 0.05) is 24.4 Å². The Bertz CT molecular complexity index is 1310. The number of amides is 1. The Hall–Kier alpha value is -3.19. The van der Waals surface area contributed by atoms with Gasteiger partial charge in [0.05, 0.1) is 17.4 Å². The van der Waals surface area contributed by atoms with Crippen LogP contribution in [0.3, 0.4) is 0 Å². The number of hydrogen-bond donors (Lipinski definition) is 1. The second-order valence-corrected chi connectivity index (χ2v) is 8.76. The minimum Gasteiger partial charge on any atom is -0.356 e. The zero-order valence-electron chi connectivity index (χ0n) is 18.2. The smallest absolute Gasteiger partial charge is 0.263 e. The molecule has 7 nitrogen and oxygen atoms in total. The number of nitrogens with one attached hydrogen (secondary N) is 1. The Labute approximate surface area is 191 Å². The number of fused-ring (bicyclic) bond motifs is 3. The minimum atomic E-state index is -0.131. The Morgan fingerprint density at radius 1 is 1.09 bits per heavy atom. The van der Waals surface area contributed by atoms with E-state index in [4.69, 9.17) is 11.6 Å². The number of nitrogens with zero attached hydrogens (tertiary/aromatic N) is 4. The highest BCUT2D eigenvalue weighted by Gasteiger charge is 2.17. The summed E-state index contributed by atoms with van der Waals surface area (Å²) in [5, 5.41) is 12.8. The molecule has 0 aliphatic carbocycles. The molecule has 0 aliphatic rings. The molecule has 0 saturated heterocycles. The molecule has 8 heteroatoms. The standard InChI is InChI=1S/C24H26ClN5O2/c1-16(2)13-14-26-22(31)12-11-21-27-28-24-29(15-17-7-9-18(25)10-8-17)23(32)19-5-3-4-6-20(19)30(21)24/h3-10,16H,11-15H2,1-2H3,(H,26,31). The molecule has 0 saturated carbocycles. The number of carbonyl (C=O) groups excluding carboxylic acids is 1. The maximum Gasteiger partial charge on any atom is 0.263 e. The van der Waals surface area contributed by atoms with Crippen molar-refractivity contribution in [2.75, 3.05) is 6.54 Å². The normalized spacial score (nSPS) is 11.5. The van der Waals surface area contributed by atoms with Crippen LogP contribution in [-0.4, -0.2) is 31.6 Å². The number of hydrogen-bond acceptors (Lipinski definition) is 4. The van der Waals surface area contributed by atoms with Gasteiger partial charge in [-0.15, -0.1) is 10.2 Å². The summed E-state index contributed by atoms with van der Waals surface area (Å²) >= 11 is 6.00. The summed E-state index contributed by atoms with van der Waals surface area (Å²) in [5.74, 6) is 1.64. The molecular weight excluding hydrogens is 426 g/mol. The van der Waals surface area contributed by atoms with Crippen molar-refractivity contribution >= 4 is 34.2 Å². The third kappa shape index (κ3) is 4.67. The van der Waals surface area contributed by atoms with Gasteiger partial charge in [0.1, 0.15) is 5.82 Å². The number of aromatic nitrogens is 4. The Morgan fingerprint density at radius 3 is 2.59 bits per heavy atom. The van der Waals surface area contributed by atoms with Crippen molar-refractivity contribution in [3.05, 3.63) is 75.3 Å². The van der Waals surface area contributed by atoms with Crippen molar-refractivity contribution in [2.45, 2.75) is 39.7 Å². The van der Waals surface area contributed by atoms with Crippen molar-refractivity contribution < 1.29 is 4.79 Å². The molecule has 0 radical (unpaired) electrons. The molecular formula is C24H26ClN5O2. The summed E-state index contributed by atoms with van der Waals surface area (Å²) in [6.07, 6.45) is 1.68. The van der Waals surface area contributed by atoms with Crippen LogP contribution in [0.4, 0.5) is 0 Å². The van der Waals surface area contributed by atoms with Gasteiger partial charge < -0.3 is 5.32 Å².